The zero-order valence-corrected chi connectivity index (χ0v) is 28.2. The highest BCUT2D eigenvalue weighted by Crippen LogP contribution is 2.29. The quantitative estimate of drug-likeness (QED) is 0.167. The van der Waals surface area contributed by atoms with E-state index < -0.39 is 17.7 Å². The number of aromatic nitrogens is 4. The van der Waals surface area contributed by atoms with E-state index in [0.717, 1.165) is 40.7 Å². The molecular weight excluding hydrogens is 620 g/mol. The van der Waals surface area contributed by atoms with E-state index in [1.165, 1.54) is 0 Å². The van der Waals surface area contributed by atoms with Gasteiger partial charge in [-0.25, -0.2) is 4.79 Å². The van der Waals surface area contributed by atoms with Crippen LogP contribution in [0.15, 0.2) is 66.7 Å². The maximum Gasteiger partial charge on any atom is 0.407 e. The Morgan fingerprint density at radius 1 is 0.980 bits per heavy atom. The summed E-state index contributed by atoms with van der Waals surface area (Å²) < 4.78 is 5.34. The zero-order valence-electron chi connectivity index (χ0n) is 28.2. The smallest absolute Gasteiger partial charge is 0.407 e. The standard InChI is InChI=1S/C37H42N8O4/c1-23-5-6-26(21-38)19-31(23)27-11-7-24(8-12-27)20-32(35(47)40-30-17-15-28(16-18-30)33-42-44-45-43-33)41-34(46)29-13-9-25(10-14-29)22-39-36(48)49-37(2,3)4/h5-8,11-12,15-19,25,29,32H,9-10,13-14,20,22H2,1-4H3,(H,39,48)(H,40,47)(H,41,46)(H,42,43,44,45)/t25?,29?,32-/m0/s1. The molecule has 3 aromatic carbocycles. The number of carbonyl (C=O) groups excluding carboxylic acids is 3. The van der Waals surface area contributed by atoms with Gasteiger partial charge in [-0.2, -0.15) is 10.5 Å². The van der Waals surface area contributed by atoms with Crippen LogP contribution in [-0.4, -0.2) is 56.7 Å². The van der Waals surface area contributed by atoms with Gasteiger partial charge >= 0.3 is 6.09 Å². The third kappa shape index (κ3) is 9.73. The number of carbonyl (C=O) groups is 3. The molecule has 12 nitrogen and oxygen atoms in total. The SMILES string of the molecule is Cc1ccc(C#N)cc1-c1ccc(C[C@H](NC(=O)C2CCC(CNC(=O)OC(C)(C)C)CC2)C(=O)Nc2ccc(-c3nn[nH]n3)cc2)cc1. The molecule has 0 radical (unpaired) electrons. The monoisotopic (exact) mass is 662 g/mol. The normalized spacial score (nSPS) is 16.6. The van der Waals surface area contributed by atoms with Crippen LogP contribution in [0.3, 0.4) is 0 Å². The maximum atomic E-state index is 13.7. The maximum absolute atomic E-state index is 13.7. The van der Waals surface area contributed by atoms with Gasteiger partial charge in [0.2, 0.25) is 17.6 Å². The molecule has 1 fully saturated rings. The van der Waals surface area contributed by atoms with E-state index in [9.17, 15) is 19.6 Å². The number of nitrogens with zero attached hydrogens (tertiary/aromatic N) is 4. The minimum absolute atomic E-state index is 0.160. The summed E-state index contributed by atoms with van der Waals surface area (Å²) in [6.07, 6.45) is 2.73. The van der Waals surface area contributed by atoms with Crippen LogP contribution in [0.1, 0.15) is 63.1 Å². The van der Waals surface area contributed by atoms with Crippen molar-refractivity contribution in [3.8, 4) is 28.6 Å². The number of aryl methyl sites for hydroxylation is 1. The van der Waals surface area contributed by atoms with E-state index in [-0.39, 0.29) is 30.1 Å². The van der Waals surface area contributed by atoms with Crippen LogP contribution in [0.2, 0.25) is 0 Å². The van der Waals surface area contributed by atoms with Crippen LogP contribution in [0, 0.1) is 30.1 Å². The second-order valence-electron chi connectivity index (χ2n) is 13.5. The lowest BCUT2D eigenvalue weighted by molar-refractivity contribution is -0.130. The summed E-state index contributed by atoms with van der Waals surface area (Å²) in [6.45, 7) is 7.97. The van der Waals surface area contributed by atoms with Crippen LogP contribution in [-0.2, 0) is 20.7 Å². The predicted molar refractivity (Wildman–Crippen MR) is 185 cm³/mol. The van der Waals surface area contributed by atoms with E-state index >= 15 is 0 Å². The Balaban J connectivity index is 1.25. The van der Waals surface area contributed by atoms with Gasteiger partial charge in [0.05, 0.1) is 11.6 Å². The number of hydrogen-bond donors (Lipinski definition) is 4. The van der Waals surface area contributed by atoms with Crippen molar-refractivity contribution in [3.05, 3.63) is 83.4 Å². The zero-order chi connectivity index (χ0) is 35.0. The van der Waals surface area contributed by atoms with Crippen molar-refractivity contribution >= 4 is 23.6 Å². The molecule has 0 spiro atoms. The molecule has 0 bridgehead atoms. The second kappa shape index (κ2) is 15.6. The van der Waals surface area contributed by atoms with E-state index in [2.05, 4.69) is 42.6 Å². The summed E-state index contributed by atoms with van der Waals surface area (Å²) in [7, 11) is 0. The lowest BCUT2D eigenvalue weighted by atomic mass is 9.81. The van der Waals surface area contributed by atoms with Gasteiger partial charge in [0.25, 0.3) is 0 Å². The molecule has 12 heteroatoms. The minimum atomic E-state index is -0.828. The molecule has 1 aromatic heterocycles. The average molecular weight is 663 g/mol. The van der Waals surface area contributed by atoms with Crippen LogP contribution >= 0.6 is 0 Å². The number of alkyl carbamates (subject to hydrolysis) is 1. The lowest BCUT2D eigenvalue weighted by Gasteiger charge is -2.29. The fourth-order valence-electron chi connectivity index (χ4n) is 5.94. The summed E-state index contributed by atoms with van der Waals surface area (Å²) in [6, 6.07) is 21.9. The van der Waals surface area contributed by atoms with Crippen molar-refractivity contribution in [2.24, 2.45) is 11.8 Å². The summed E-state index contributed by atoms with van der Waals surface area (Å²) in [4.78, 5) is 39.4. The van der Waals surface area contributed by atoms with Gasteiger partial charge in [-0.1, -0.05) is 30.3 Å². The fourth-order valence-corrected chi connectivity index (χ4v) is 5.94. The Morgan fingerprint density at radius 3 is 2.31 bits per heavy atom. The Bertz CT molecular complexity index is 1780. The number of rotatable bonds is 10. The molecule has 4 N–H and O–H groups in total. The molecule has 49 heavy (non-hydrogen) atoms. The van der Waals surface area contributed by atoms with Crippen molar-refractivity contribution in [2.45, 2.75) is 71.4 Å². The molecule has 0 unspecified atom stereocenters. The van der Waals surface area contributed by atoms with E-state index in [0.29, 0.717) is 36.5 Å². The van der Waals surface area contributed by atoms with Crippen LogP contribution in [0.5, 0.6) is 0 Å². The van der Waals surface area contributed by atoms with Gasteiger partial charge in [-0.15, -0.1) is 10.2 Å². The van der Waals surface area contributed by atoms with E-state index in [1.807, 2.05) is 64.1 Å². The van der Waals surface area contributed by atoms with Gasteiger partial charge in [-0.3, -0.25) is 9.59 Å². The number of H-pyrrole nitrogens is 1. The highest BCUT2D eigenvalue weighted by molar-refractivity contribution is 5.97. The summed E-state index contributed by atoms with van der Waals surface area (Å²) in [5, 5.41) is 32.2. The van der Waals surface area contributed by atoms with Gasteiger partial charge in [-0.05, 0) is 123 Å². The number of nitriles is 1. The van der Waals surface area contributed by atoms with Gasteiger partial charge in [0.15, 0.2) is 0 Å². The number of ether oxygens (including phenoxy) is 1. The van der Waals surface area contributed by atoms with Gasteiger partial charge in [0, 0.05) is 30.1 Å². The molecule has 5 rings (SSSR count). The highest BCUT2D eigenvalue weighted by Gasteiger charge is 2.30. The lowest BCUT2D eigenvalue weighted by Crippen LogP contribution is -2.48. The summed E-state index contributed by atoms with van der Waals surface area (Å²) in [5.41, 5.74) is 5.19. The number of anilines is 1. The number of tetrazole rings is 1. The molecule has 1 aliphatic rings. The fraction of sp³-hybridized carbons (Fsp3) is 0.378. The first kappa shape index (κ1) is 34.8. The van der Waals surface area contributed by atoms with Crippen LogP contribution < -0.4 is 16.0 Å². The largest absolute Gasteiger partial charge is 0.444 e. The first-order chi connectivity index (χ1) is 23.5. The molecule has 0 aliphatic heterocycles. The van der Waals surface area contributed by atoms with E-state index in [4.69, 9.17) is 4.74 Å². The predicted octanol–water partition coefficient (Wildman–Crippen LogP) is 5.71. The number of aromatic amines is 1. The molecule has 1 aliphatic carbocycles. The van der Waals surface area contributed by atoms with Gasteiger partial charge < -0.3 is 20.7 Å². The molecule has 254 valence electrons. The second-order valence-corrected chi connectivity index (χ2v) is 13.5. The number of amides is 3. The Morgan fingerprint density at radius 2 is 1.67 bits per heavy atom. The van der Waals surface area contributed by atoms with E-state index in [1.54, 1.807) is 30.3 Å². The van der Waals surface area contributed by atoms with Crippen LogP contribution in [0.25, 0.3) is 22.5 Å². The van der Waals surface area contributed by atoms with Crippen molar-refractivity contribution in [3.63, 3.8) is 0 Å². The minimum Gasteiger partial charge on any atom is -0.444 e. The Hall–Kier alpha value is -5.57. The number of nitrogens with one attached hydrogen (secondary N) is 4. The first-order valence-electron chi connectivity index (χ1n) is 16.5. The Kier molecular flexibility index (Phi) is 11.0. The highest BCUT2D eigenvalue weighted by atomic mass is 16.6. The molecule has 4 aromatic rings. The number of benzene rings is 3. The topological polar surface area (TPSA) is 175 Å². The first-order valence-corrected chi connectivity index (χ1v) is 16.5. The van der Waals surface area contributed by atoms with Gasteiger partial charge in [0.1, 0.15) is 11.6 Å². The summed E-state index contributed by atoms with van der Waals surface area (Å²) >= 11 is 0. The molecule has 0 saturated heterocycles. The van der Waals surface area contributed by atoms with Crippen molar-refractivity contribution in [2.75, 3.05) is 11.9 Å². The third-order valence-electron chi connectivity index (χ3n) is 8.61. The van der Waals surface area contributed by atoms with Crippen molar-refractivity contribution in [1.82, 2.24) is 31.3 Å². The van der Waals surface area contributed by atoms with Crippen molar-refractivity contribution in [1.29, 1.82) is 5.26 Å². The molecule has 1 saturated carbocycles. The molecule has 3 amide bonds. The molecule has 1 atom stereocenters. The molecule has 1 heterocycles. The molecular formula is C37H42N8O4. The average Bonchev–Trinajstić information content (AvgIpc) is 3.63. The third-order valence-corrected chi connectivity index (χ3v) is 8.61. The van der Waals surface area contributed by atoms with Crippen LogP contribution in [0.4, 0.5) is 10.5 Å². The van der Waals surface area contributed by atoms with Crippen molar-refractivity contribution < 1.29 is 19.1 Å². The Labute approximate surface area is 286 Å². The summed E-state index contributed by atoms with van der Waals surface area (Å²) in [5.74, 6) is -0.0391. The number of hydrogen-bond acceptors (Lipinski definition) is 8.